The van der Waals surface area contributed by atoms with Crippen molar-refractivity contribution in [3.05, 3.63) is 23.8 Å². The smallest absolute Gasteiger partial charge is 0.231 e. The highest BCUT2D eigenvalue weighted by Gasteiger charge is 2.13. The van der Waals surface area contributed by atoms with Crippen molar-refractivity contribution in [3.63, 3.8) is 0 Å². The summed E-state index contributed by atoms with van der Waals surface area (Å²) < 4.78 is 32.3. The minimum absolute atomic E-state index is 0.159. The van der Waals surface area contributed by atoms with E-state index in [1.54, 1.807) is 6.07 Å². The molecule has 0 fully saturated rings. The second-order valence-corrected chi connectivity index (χ2v) is 5.83. The van der Waals surface area contributed by atoms with Crippen LogP contribution < -0.4 is 9.47 Å². The first-order valence-electron chi connectivity index (χ1n) is 4.61. The van der Waals surface area contributed by atoms with E-state index >= 15 is 0 Å². The van der Waals surface area contributed by atoms with E-state index in [-0.39, 0.29) is 12.5 Å². The second kappa shape index (κ2) is 3.73. The molecule has 0 spiro atoms. The van der Waals surface area contributed by atoms with Gasteiger partial charge in [-0.3, -0.25) is 0 Å². The van der Waals surface area contributed by atoms with E-state index in [9.17, 15) is 8.42 Å². The maximum Gasteiger partial charge on any atom is 0.231 e. The van der Waals surface area contributed by atoms with Gasteiger partial charge in [-0.15, -0.1) is 0 Å². The standard InChI is InChI=1S/C10H12O4S/c1-15(11,12)5-4-8-2-3-9-10(6-8)14-7-13-9/h2-3,6H,4-5,7H2,1H3. The molecule has 5 heteroatoms. The van der Waals surface area contributed by atoms with Crippen molar-refractivity contribution in [2.24, 2.45) is 0 Å². The Kier molecular flexibility index (Phi) is 2.56. The van der Waals surface area contributed by atoms with Crippen molar-refractivity contribution >= 4 is 9.84 Å². The zero-order valence-electron chi connectivity index (χ0n) is 8.39. The highest BCUT2D eigenvalue weighted by Crippen LogP contribution is 2.32. The largest absolute Gasteiger partial charge is 0.454 e. The number of hydrogen-bond donors (Lipinski definition) is 0. The van der Waals surface area contributed by atoms with E-state index in [0.717, 1.165) is 11.3 Å². The van der Waals surface area contributed by atoms with E-state index in [2.05, 4.69) is 0 Å². The predicted octanol–water partition coefficient (Wildman–Crippen LogP) is 1.00. The van der Waals surface area contributed by atoms with Crippen molar-refractivity contribution in [2.45, 2.75) is 6.42 Å². The lowest BCUT2D eigenvalue weighted by molar-refractivity contribution is 0.174. The third kappa shape index (κ3) is 2.62. The third-order valence-corrected chi connectivity index (χ3v) is 3.14. The number of aryl methyl sites for hydroxylation is 1. The molecular formula is C10H12O4S. The Labute approximate surface area is 88.7 Å². The minimum Gasteiger partial charge on any atom is -0.454 e. The van der Waals surface area contributed by atoms with Gasteiger partial charge < -0.3 is 9.47 Å². The third-order valence-electron chi connectivity index (χ3n) is 2.20. The van der Waals surface area contributed by atoms with E-state index < -0.39 is 9.84 Å². The first-order chi connectivity index (χ1) is 7.04. The van der Waals surface area contributed by atoms with Crippen molar-refractivity contribution in [1.29, 1.82) is 0 Å². The van der Waals surface area contributed by atoms with E-state index in [1.807, 2.05) is 12.1 Å². The number of benzene rings is 1. The van der Waals surface area contributed by atoms with Gasteiger partial charge in [0.05, 0.1) is 5.75 Å². The summed E-state index contributed by atoms with van der Waals surface area (Å²) in [5, 5.41) is 0. The van der Waals surface area contributed by atoms with Gasteiger partial charge in [-0.1, -0.05) is 6.07 Å². The Morgan fingerprint density at radius 2 is 2.00 bits per heavy atom. The van der Waals surface area contributed by atoms with Gasteiger partial charge >= 0.3 is 0 Å². The molecule has 0 unspecified atom stereocenters. The number of hydrogen-bond acceptors (Lipinski definition) is 4. The van der Waals surface area contributed by atoms with Crippen LogP contribution in [0.2, 0.25) is 0 Å². The van der Waals surface area contributed by atoms with Crippen molar-refractivity contribution in [3.8, 4) is 11.5 Å². The topological polar surface area (TPSA) is 52.6 Å². The normalized spacial score (nSPS) is 14.2. The zero-order chi connectivity index (χ0) is 10.9. The zero-order valence-corrected chi connectivity index (χ0v) is 9.21. The maximum absolute atomic E-state index is 11.0. The summed E-state index contributed by atoms with van der Waals surface area (Å²) >= 11 is 0. The maximum atomic E-state index is 11.0. The molecule has 0 saturated carbocycles. The fraction of sp³-hybridized carbons (Fsp3) is 0.400. The highest BCUT2D eigenvalue weighted by molar-refractivity contribution is 7.90. The van der Waals surface area contributed by atoms with Crippen molar-refractivity contribution in [1.82, 2.24) is 0 Å². The monoisotopic (exact) mass is 228 g/mol. The lowest BCUT2D eigenvalue weighted by atomic mass is 10.1. The molecule has 2 rings (SSSR count). The molecule has 1 aromatic carbocycles. The summed E-state index contributed by atoms with van der Waals surface area (Å²) in [6.45, 7) is 0.241. The Morgan fingerprint density at radius 1 is 1.27 bits per heavy atom. The fourth-order valence-electron chi connectivity index (χ4n) is 1.40. The summed E-state index contributed by atoms with van der Waals surface area (Å²) in [5.41, 5.74) is 0.949. The Morgan fingerprint density at radius 3 is 2.73 bits per heavy atom. The molecular weight excluding hydrogens is 216 g/mol. The predicted molar refractivity (Wildman–Crippen MR) is 56.0 cm³/mol. The van der Waals surface area contributed by atoms with Crippen LogP contribution in [0.25, 0.3) is 0 Å². The molecule has 0 amide bonds. The summed E-state index contributed by atoms with van der Waals surface area (Å²) in [6, 6.07) is 5.49. The van der Waals surface area contributed by atoms with Gasteiger partial charge in [0.25, 0.3) is 0 Å². The lowest BCUT2D eigenvalue weighted by Gasteiger charge is -2.01. The van der Waals surface area contributed by atoms with Crippen LogP contribution in [0.3, 0.4) is 0 Å². The second-order valence-electron chi connectivity index (χ2n) is 3.57. The molecule has 0 aromatic heterocycles. The highest BCUT2D eigenvalue weighted by atomic mass is 32.2. The molecule has 1 heterocycles. The number of fused-ring (bicyclic) bond motifs is 1. The molecule has 1 aromatic rings. The Balaban J connectivity index is 2.10. The molecule has 0 bridgehead atoms. The minimum atomic E-state index is -2.91. The first kappa shape index (κ1) is 10.3. The van der Waals surface area contributed by atoms with Crippen molar-refractivity contribution in [2.75, 3.05) is 18.8 Å². The number of ether oxygens (including phenoxy) is 2. The molecule has 0 saturated heterocycles. The lowest BCUT2D eigenvalue weighted by Crippen LogP contribution is -2.05. The quantitative estimate of drug-likeness (QED) is 0.774. The molecule has 0 atom stereocenters. The summed E-state index contributed by atoms with van der Waals surface area (Å²) in [6.07, 6.45) is 1.75. The summed E-state index contributed by atoms with van der Waals surface area (Å²) in [7, 11) is -2.91. The molecule has 4 nitrogen and oxygen atoms in total. The van der Waals surface area contributed by atoms with Gasteiger partial charge in [-0.2, -0.15) is 0 Å². The van der Waals surface area contributed by atoms with Crippen LogP contribution in [-0.4, -0.2) is 27.2 Å². The van der Waals surface area contributed by atoms with Crippen LogP contribution in [0.1, 0.15) is 5.56 Å². The van der Waals surface area contributed by atoms with Crippen LogP contribution in [0.15, 0.2) is 18.2 Å². The first-order valence-corrected chi connectivity index (χ1v) is 6.67. The van der Waals surface area contributed by atoms with Gasteiger partial charge in [0, 0.05) is 6.26 Å². The van der Waals surface area contributed by atoms with Gasteiger partial charge in [0.1, 0.15) is 9.84 Å². The SMILES string of the molecule is CS(=O)(=O)CCc1ccc2c(c1)OCO2. The summed E-state index contributed by atoms with van der Waals surface area (Å²) in [4.78, 5) is 0. The number of rotatable bonds is 3. The van der Waals surface area contributed by atoms with Gasteiger partial charge in [0.2, 0.25) is 6.79 Å². The van der Waals surface area contributed by atoms with E-state index in [1.165, 1.54) is 6.26 Å². The molecule has 1 aliphatic rings. The van der Waals surface area contributed by atoms with Crippen LogP contribution in [0.4, 0.5) is 0 Å². The van der Waals surface area contributed by atoms with E-state index in [0.29, 0.717) is 12.2 Å². The van der Waals surface area contributed by atoms with Gasteiger partial charge in [0.15, 0.2) is 11.5 Å². The van der Waals surface area contributed by atoms with Crippen LogP contribution in [0.5, 0.6) is 11.5 Å². The average Bonchev–Trinajstić information content (AvgIpc) is 2.60. The molecule has 0 aliphatic carbocycles. The van der Waals surface area contributed by atoms with Crippen molar-refractivity contribution < 1.29 is 17.9 Å². The Hall–Kier alpha value is -1.23. The van der Waals surface area contributed by atoms with Gasteiger partial charge in [-0.25, -0.2) is 8.42 Å². The van der Waals surface area contributed by atoms with Crippen LogP contribution in [0, 0.1) is 0 Å². The molecule has 0 N–H and O–H groups in total. The average molecular weight is 228 g/mol. The molecule has 0 radical (unpaired) electrons. The molecule has 15 heavy (non-hydrogen) atoms. The Bertz CT molecular complexity index is 464. The molecule has 82 valence electrons. The van der Waals surface area contributed by atoms with Crippen LogP contribution in [-0.2, 0) is 16.3 Å². The fourth-order valence-corrected chi connectivity index (χ4v) is 2.01. The molecule has 1 aliphatic heterocycles. The summed E-state index contributed by atoms with van der Waals surface area (Å²) in [5.74, 6) is 1.58. The van der Waals surface area contributed by atoms with E-state index in [4.69, 9.17) is 9.47 Å². The number of sulfone groups is 1. The van der Waals surface area contributed by atoms with Crippen LogP contribution >= 0.6 is 0 Å². The van der Waals surface area contributed by atoms with Gasteiger partial charge in [-0.05, 0) is 24.1 Å².